The van der Waals surface area contributed by atoms with Crippen LogP contribution in [0.15, 0.2) is 0 Å². The van der Waals surface area contributed by atoms with Crippen LogP contribution in [0.4, 0.5) is 0 Å². The van der Waals surface area contributed by atoms with E-state index in [0.29, 0.717) is 12.2 Å². The number of ether oxygens (including phenoxy) is 1. The second-order valence-corrected chi connectivity index (χ2v) is 2.35. The summed E-state index contributed by atoms with van der Waals surface area (Å²) in [5, 5.41) is 4.21. The van der Waals surface area contributed by atoms with Gasteiger partial charge < -0.3 is 10.1 Å². The van der Waals surface area contributed by atoms with E-state index < -0.39 is 0 Å². The van der Waals surface area contributed by atoms with Crippen molar-refractivity contribution in [2.24, 2.45) is 0 Å². The van der Waals surface area contributed by atoms with Crippen molar-refractivity contribution < 1.29 is 4.74 Å². The molecular weight excluding hydrogens is 102 g/mol. The monoisotopic (exact) mass is 114 g/mol. The number of rotatable bonds is 0. The number of nitrogens with zero attached hydrogens (tertiary/aromatic N) is 1. The summed E-state index contributed by atoms with van der Waals surface area (Å²) < 4.78 is 5.39. The third-order valence-corrected chi connectivity index (χ3v) is 1.24. The van der Waals surface area contributed by atoms with Gasteiger partial charge in [-0.15, -0.1) is 13.1 Å². The van der Waals surface area contributed by atoms with Crippen molar-refractivity contribution in [2.75, 3.05) is 13.1 Å². The maximum Gasteiger partial charge on any atom is 0.0362 e. The van der Waals surface area contributed by atoms with Gasteiger partial charge in [-0.3, -0.25) is 0 Å². The van der Waals surface area contributed by atoms with Gasteiger partial charge in [0.05, 0.1) is 0 Å². The Kier molecular flexibility index (Phi) is 1.86. The van der Waals surface area contributed by atoms with Crippen molar-refractivity contribution in [3.63, 3.8) is 0 Å². The average Bonchev–Trinajstić information content (AvgIpc) is 1.64. The van der Waals surface area contributed by atoms with E-state index in [1.165, 1.54) is 0 Å². The zero-order valence-corrected chi connectivity index (χ0v) is 5.42. The Bertz CT molecular complexity index is 66.9. The van der Waals surface area contributed by atoms with Gasteiger partial charge in [0.1, 0.15) is 0 Å². The Hall–Kier alpha value is -0.0800. The van der Waals surface area contributed by atoms with Crippen LogP contribution in [0.1, 0.15) is 13.8 Å². The lowest BCUT2D eigenvalue weighted by Gasteiger charge is -2.35. The lowest BCUT2D eigenvalue weighted by Crippen LogP contribution is -2.28. The molecule has 1 aliphatic rings. The summed E-state index contributed by atoms with van der Waals surface area (Å²) in [5.41, 5.74) is 0. The van der Waals surface area contributed by atoms with Crippen LogP contribution in [0.25, 0.3) is 5.32 Å². The van der Waals surface area contributed by atoms with E-state index in [1.54, 1.807) is 0 Å². The van der Waals surface area contributed by atoms with Gasteiger partial charge in [0.25, 0.3) is 0 Å². The van der Waals surface area contributed by atoms with Crippen molar-refractivity contribution in [1.29, 1.82) is 0 Å². The second-order valence-electron chi connectivity index (χ2n) is 2.35. The molecule has 0 aromatic carbocycles. The van der Waals surface area contributed by atoms with Crippen LogP contribution in [-0.4, -0.2) is 25.3 Å². The summed E-state index contributed by atoms with van der Waals surface area (Å²) >= 11 is 0. The molecule has 1 rings (SSSR count). The van der Waals surface area contributed by atoms with Crippen LogP contribution in [0, 0.1) is 0 Å². The first kappa shape index (κ1) is 6.05. The van der Waals surface area contributed by atoms with Crippen molar-refractivity contribution in [3.05, 3.63) is 5.32 Å². The molecule has 0 saturated carbocycles. The third kappa shape index (κ3) is 1.46. The third-order valence-electron chi connectivity index (χ3n) is 1.24. The molecule has 0 radical (unpaired) electrons. The van der Waals surface area contributed by atoms with Gasteiger partial charge in [0, 0.05) is 12.2 Å². The number of morpholine rings is 1. The first-order valence-electron chi connectivity index (χ1n) is 3.08. The zero-order chi connectivity index (χ0) is 5.98. The topological polar surface area (TPSA) is 23.3 Å². The van der Waals surface area contributed by atoms with Gasteiger partial charge in [-0.2, -0.15) is 0 Å². The highest BCUT2D eigenvalue weighted by molar-refractivity contribution is 4.89. The Morgan fingerprint density at radius 2 is 1.75 bits per heavy atom. The Morgan fingerprint density at radius 1 is 1.25 bits per heavy atom. The van der Waals surface area contributed by atoms with Crippen LogP contribution in [0.3, 0.4) is 0 Å². The first-order valence-corrected chi connectivity index (χ1v) is 3.08. The van der Waals surface area contributed by atoms with Gasteiger partial charge in [-0.05, 0) is 13.8 Å². The molecule has 1 fully saturated rings. The minimum atomic E-state index is 0.346. The summed E-state index contributed by atoms with van der Waals surface area (Å²) in [6.45, 7) is 5.87. The van der Waals surface area contributed by atoms with E-state index in [0.717, 1.165) is 13.1 Å². The molecule has 0 spiro atoms. The molecule has 0 bridgehead atoms. The molecule has 48 valence electrons. The molecule has 0 aromatic heterocycles. The van der Waals surface area contributed by atoms with Gasteiger partial charge in [0.15, 0.2) is 0 Å². The highest BCUT2D eigenvalue weighted by Gasteiger charge is 2.05. The molecule has 1 heterocycles. The second kappa shape index (κ2) is 2.46. The molecule has 0 aromatic rings. The fourth-order valence-corrected chi connectivity index (χ4v) is 0.921. The van der Waals surface area contributed by atoms with E-state index in [1.807, 2.05) is 0 Å². The summed E-state index contributed by atoms with van der Waals surface area (Å²) in [5.74, 6) is 0. The number of hydrogen-bond donors (Lipinski definition) is 0. The standard InChI is InChI=1S/C6H12NO/c1-5-3-7-4-6(2)8-5/h5-6H,3-4H2,1-2H3/q-1/t5-,6+. The molecule has 0 unspecified atom stereocenters. The van der Waals surface area contributed by atoms with Gasteiger partial charge in [0.2, 0.25) is 0 Å². The summed E-state index contributed by atoms with van der Waals surface area (Å²) in [6.07, 6.45) is 0.692. The predicted octanol–water partition coefficient (Wildman–Crippen LogP) is 1.17. The van der Waals surface area contributed by atoms with Crippen LogP contribution in [0.2, 0.25) is 0 Å². The Morgan fingerprint density at radius 3 is 2.00 bits per heavy atom. The van der Waals surface area contributed by atoms with E-state index >= 15 is 0 Å². The molecule has 2 atom stereocenters. The van der Waals surface area contributed by atoms with E-state index in [-0.39, 0.29) is 0 Å². The minimum Gasteiger partial charge on any atom is -0.658 e. The largest absolute Gasteiger partial charge is 0.658 e. The fraction of sp³-hybridized carbons (Fsp3) is 1.00. The molecule has 8 heavy (non-hydrogen) atoms. The SMILES string of the molecule is C[C@@H]1C[N-]C[C@H](C)O1. The molecule has 0 N–H and O–H groups in total. The number of hydrogen-bond acceptors (Lipinski definition) is 1. The molecule has 2 heteroatoms. The summed E-state index contributed by atoms with van der Waals surface area (Å²) in [4.78, 5) is 0. The summed E-state index contributed by atoms with van der Waals surface area (Å²) in [6, 6.07) is 0. The fourth-order valence-electron chi connectivity index (χ4n) is 0.921. The molecular formula is C6H12NO-. The summed E-state index contributed by atoms with van der Waals surface area (Å²) in [7, 11) is 0. The van der Waals surface area contributed by atoms with Gasteiger partial charge >= 0.3 is 0 Å². The predicted molar refractivity (Wildman–Crippen MR) is 33.1 cm³/mol. The van der Waals surface area contributed by atoms with Crippen LogP contribution in [0.5, 0.6) is 0 Å². The maximum atomic E-state index is 5.39. The van der Waals surface area contributed by atoms with E-state index in [4.69, 9.17) is 4.74 Å². The first-order chi connectivity index (χ1) is 3.79. The molecule has 1 aliphatic heterocycles. The smallest absolute Gasteiger partial charge is 0.0362 e. The van der Waals surface area contributed by atoms with Gasteiger partial charge in [-0.25, -0.2) is 0 Å². The van der Waals surface area contributed by atoms with Crippen molar-refractivity contribution in [2.45, 2.75) is 26.1 Å². The maximum absolute atomic E-state index is 5.39. The minimum absolute atomic E-state index is 0.346. The van der Waals surface area contributed by atoms with Crippen LogP contribution in [-0.2, 0) is 4.74 Å². The van der Waals surface area contributed by atoms with Crippen molar-refractivity contribution in [1.82, 2.24) is 0 Å². The van der Waals surface area contributed by atoms with E-state index in [2.05, 4.69) is 19.2 Å². The Labute approximate surface area is 50.2 Å². The lowest BCUT2D eigenvalue weighted by molar-refractivity contribution is 0.00899. The van der Waals surface area contributed by atoms with E-state index in [9.17, 15) is 0 Å². The Balaban J connectivity index is 2.23. The lowest BCUT2D eigenvalue weighted by atomic mass is 10.3. The zero-order valence-electron chi connectivity index (χ0n) is 5.42. The highest BCUT2D eigenvalue weighted by Crippen LogP contribution is 2.09. The van der Waals surface area contributed by atoms with Crippen molar-refractivity contribution >= 4 is 0 Å². The molecule has 1 saturated heterocycles. The normalized spacial score (nSPS) is 39.8. The highest BCUT2D eigenvalue weighted by atomic mass is 16.5. The van der Waals surface area contributed by atoms with Crippen LogP contribution < -0.4 is 0 Å². The van der Waals surface area contributed by atoms with Crippen molar-refractivity contribution in [3.8, 4) is 0 Å². The quantitative estimate of drug-likeness (QED) is 0.463. The molecule has 0 aliphatic carbocycles. The van der Waals surface area contributed by atoms with Crippen LogP contribution >= 0.6 is 0 Å². The van der Waals surface area contributed by atoms with Gasteiger partial charge in [-0.1, -0.05) is 0 Å². The average molecular weight is 114 g/mol. The molecule has 0 amide bonds. The molecule has 2 nitrogen and oxygen atoms in total.